The first kappa shape index (κ1) is 14.5. The molecule has 0 radical (unpaired) electrons. The van der Waals surface area contributed by atoms with Crippen LogP contribution in [0.4, 0.5) is 4.39 Å². The lowest BCUT2D eigenvalue weighted by molar-refractivity contribution is -0.154. The molecule has 1 aliphatic rings. The van der Waals surface area contributed by atoms with E-state index in [1.54, 1.807) is 13.8 Å². The Bertz CT molecular complexity index is 506. The van der Waals surface area contributed by atoms with Gasteiger partial charge >= 0.3 is 0 Å². The molecule has 0 aliphatic carbocycles. The normalized spacial score (nSPS) is 26.6. The van der Waals surface area contributed by atoms with Gasteiger partial charge in [0.1, 0.15) is 11.6 Å². The van der Waals surface area contributed by atoms with Gasteiger partial charge < -0.3 is 10.2 Å². The Morgan fingerprint density at radius 1 is 1.30 bits per heavy atom. The van der Waals surface area contributed by atoms with E-state index >= 15 is 0 Å². The Kier molecular flexibility index (Phi) is 4.06. The molecular formula is C15H19FN2O2. The summed E-state index contributed by atoms with van der Waals surface area (Å²) < 4.78 is 12.4. The number of amides is 2. The Labute approximate surface area is 118 Å². The quantitative estimate of drug-likeness (QED) is 0.909. The summed E-state index contributed by atoms with van der Waals surface area (Å²) in [5.41, 5.74) is -0.350. The van der Waals surface area contributed by atoms with E-state index < -0.39 is 18.3 Å². The summed E-state index contributed by atoms with van der Waals surface area (Å²) in [5.74, 6) is -0.404. The maximum absolute atomic E-state index is 12.7. The van der Waals surface area contributed by atoms with Gasteiger partial charge in [0, 0.05) is 6.54 Å². The molecule has 1 aromatic carbocycles. The average molecular weight is 278 g/mol. The van der Waals surface area contributed by atoms with E-state index in [9.17, 15) is 14.0 Å². The summed E-state index contributed by atoms with van der Waals surface area (Å²) in [6.07, 6.45) is 0.244. The van der Waals surface area contributed by atoms with E-state index in [4.69, 9.17) is 0 Å². The van der Waals surface area contributed by atoms with Crippen LogP contribution < -0.4 is 5.32 Å². The topological polar surface area (TPSA) is 49.4 Å². The number of hydrogen-bond donors (Lipinski definition) is 1. The van der Waals surface area contributed by atoms with Gasteiger partial charge in [-0.05, 0) is 25.8 Å². The van der Waals surface area contributed by atoms with Crippen molar-refractivity contribution >= 4 is 11.8 Å². The van der Waals surface area contributed by atoms with Crippen molar-refractivity contribution in [2.24, 2.45) is 0 Å². The fourth-order valence-electron chi connectivity index (χ4n) is 2.50. The molecule has 0 bridgehead atoms. The third kappa shape index (κ3) is 2.40. The number of halogens is 1. The van der Waals surface area contributed by atoms with Gasteiger partial charge in [-0.1, -0.05) is 30.3 Å². The molecule has 1 aliphatic heterocycles. The molecule has 1 heterocycles. The van der Waals surface area contributed by atoms with Crippen molar-refractivity contribution in [3.05, 3.63) is 35.9 Å². The maximum Gasteiger partial charge on any atom is 0.253 e. The summed E-state index contributed by atoms with van der Waals surface area (Å²) in [4.78, 5) is 26.3. The van der Waals surface area contributed by atoms with Gasteiger partial charge in [-0.2, -0.15) is 0 Å². The zero-order valence-electron chi connectivity index (χ0n) is 11.7. The van der Waals surface area contributed by atoms with E-state index in [0.29, 0.717) is 0 Å². The van der Waals surface area contributed by atoms with Crippen LogP contribution in [-0.2, 0) is 15.1 Å². The standard InChI is InChI=1S/C15H19FN2O2/c1-11-13(19)17-15(2,12-7-4-3-5-8-12)14(20)18(11)10-6-9-16/h3-5,7-8,11H,6,9-10H2,1-2H3,(H,17,19). The van der Waals surface area contributed by atoms with E-state index in [2.05, 4.69) is 5.32 Å². The van der Waals surface area contributed by atoms with Gasteiger partial charge in [0.15, 0.2) is 0 Å². The fraction of sp³-hybridized carbons (Fsp3) is 0.467. The number of rotatable bonds is 4. The van der Waals surface area contributed by atoms with Gasteiger partial charge in [0.05, 0.1) is 6.67 Å². The van der Waals surface area contributed by atoms with Gasteiger partial charge in [0.25, 0.3) is 5.91 Å². The molecule has 0 saturated carbocycles. The minimum atomic E-state index is -1.08. The SMILES string of the molecule is CC1C(=O)NC(C)(c2ccccc2)C(=O)N1CCCF. The van der Waals surface area contributed by atoms with Crippen LogP contribution >= 0.6 is 0 Å². The third-order valence-electron chi connectivity index (χ3n) is 3.79. The molecule has 2 rings (SSSR count). The van der Waals surface area contributed by atoms with Crippen LogP contribution in [0.15, 0.2) is 30.3 Å². The van der Waals surface area contributed by atoms with Crippen LogP contribution in [0.3, 0.4) is 0 Å². The fourth-order valence-corrected chi connectivity index (χ4v) is 2.50. The Hall–Kier alpha value is -1.91. The number of carbonyl (C=O) groups excluding carboxylic acids is 2. The largest absolute Gasteiger partial charge is 0.336 e. The van der Waals surface area contributed by atoms with Crippen molar-refractivity contribution in [2.75, 3.05) is 13.2 Å². The second-order valence-corrected chi connectivity index (χ2v) is 5.20. The Balaban J connectivity index is 2.35. The molecule has 0 spiro atoms. The van der Waals surface area contributed by atoms with Gasteiger partial charge in [0.2, 0.25) is 5.91 Å². The predicted octanol–water partition coefficient (Wildman–Crippen LogP) is 1.61. The minimum Gasteiger partial charge on any atom is -0.336 e. The Morgan fingerprint density at radius 3 is 2.55 bits per heavy atom. The smallest absolute Gasteiger partial charge is 0.253 e. The molecule has 108 valence electrons. The summed E-state index contributed by atoms with van der Waals surface area (Å²) in [6.45, 7) is 3.11. The monoisotopic (exact) mass is 278 g/mol. The highest BCUT2D eigenvalue weighted by molar-refractivity contribution is 6.00. The lowest BCUT2D eigenvalue weighted by Gasteiger charge is -2.43. The average Bonchev–Trinajstić information content (AvgIpc) is 2.46. The molecule has 1 aromatic rings. The van der Waals surface area contributed by atoms with Crippen LogP contribution in [0.25, 0.3) is 0 Å². The first-order chi connectivity index (χ1) is 9.50. The van der Waals surface area contributed by atoms with Crippen LogP contribution in [0, 0.1) is 0 Å². The van der Waals surface area contributed by atoms with E-state index in [1.165, 1.54) is 4.90 Å². The molecule has 2 unspecified atom stereocenters. The van der Waals surface area contributed by atoms with Crippen molar-refractivity contribution in [1.82, 2.24) is 10.2 Å². The number of hydrogen-bond acceptors (Lipinski definition) is 2. The van der Waals surface area contributed by atoms with Crippen LogP contribution in [0.2, 0.25) is 0 Å². The maximum atomic E-state index is 12.7. The van der Waals surface area contributed by atoms with Gasteiger partial charge in [-0.15, -0.1) is 0 Å². The molecular weight excluding hydrogens is 259 g/mol. The number of piperazine rings is 1. The van der Waals surface area contributed by atoms with E-state index in [1.807, 2.05) is 30.3 Å². The lowest BCUT2D eigenvalue weighted by atomic mass is 9.87. The van der Waals surface area contributed by atoms with Crippen molar-refractivity contribution in [1.29, 1.82) is 0 Å². The Morgan fingerprint density at radius 2 is 1.95 bits per heavy atom. The third-order valence-corrected chi connectivity index (χ3v) is 3.79. The summed E-state index contributed by atoms with van der Waals surface area (Å²) in [7, 11) is 0. The zero-order chi connectivity index (χ0) is 14.8. The van der Waals surface area contributed by atoms with Crippen molar-refractivity contribution in [3.8, 4) is 0 Å². The first-order valence-electron chi connectivity index (χ1n) is 6.75. The van der Waals surface area contributed by atoms with Crippen LogP contribution in [-0.4, -0.2) is 36.0 Å². The number of nitrogens with zero attached hydrogens (tertiary/aromatic N) is 1. The number of carbonyl (C=O) groups is 2. The van der Waals surface area contributed by atoms with Gasteiger partial charge in [-0.25, -0.2) is 0 Å². The molecule has 20 heavy (non-hydrogen) atoms. The predicted molar refractivity (Wildman–Crippen MR) is 73.7 cm³/mol. The molecule has 2 atom stereocenters. The molecule has 0 aromatic heterocycles. The summed E-state index contributed by atoms with van der Waals surface area (Å²) >= 11 is 0. The van der Waals surface area contributed by atoms with Crippen LogP contribution in [0.5, 0.6) is 0 Å². The second kappa shape index (κ2) is 5.61. The first-order valence-corrected chi connectivity index (χ1v) is 6.75. The molecule has 5 heteroatoms. The number of benzene rings is 1. The van der Waals surface area contributed by atoms with Gasteiger partial charge in [-0.3, -0.25) is 14.0 Å². The molecule has 1 fully saturated rings. The molecule has 4 nitrogen and oxygen atoms in total. The highest BCUT2D eigenvalue weighted by Gasteiger charge is 2.47. The van der Waals surface area contributed by atoms with Crippen molar-refractivity contribution in [3.63, 3.8) is 0 Å². The minimum absolute atomic E-state index is 0.191. The summed E-state index contributed by atoms with van der Waals surface area (Å²) in [6, 6.07) is 8.55. The lowest BCUT2D eigenvalue weighted by Crippen LogP contribution is -2.66. The molecule has 2 amide bonds. The highest BCUT2D eigenvalue weighted by Crippen LogP contribution is 2.28. The second-order valence-electron chi connectivity index (χ2n) is 5.20. The molecule has 1 N–H and O–H groups in total. The summed E-state index contributed by atoms with van der Waals surface area (Å²) in [5, 5.41) is 2.79. The number of alkyl halides is 1. The van der Waals surface area contributed by atoms with Crippen molar-refractivity contribution in [2.45, 2.75) is 31.8 Å². The molecule has 1 saturated heterocycles. The van der Waals surface area contributed by atoms with Crippen molar-refractivity contribution < 1.29 is 14.0 Å². The zero-order valence-corrected chi connectivity index (χ0v) is 11.7. The van der Waals surface area contributed by atoms with Crippen LogP contribution in [0.1, 0.15) is 25.8 Å². The number of nitrogens with one attached hydrogen (secondary N) is 1. The van der Waals surface area contributed by atoms with E-state index in [0.717, 1.165) is 5.56 Å². The highest BCUT2D eigenvalue weighted by atomic mass is 19.1. The van der Waals surface area contributed by atoms with E-state index in [-0.39, 0.29) is 24.8 Å².